The summed E-state index contributed by atoms with van der Waals surface area (Å²) in [5.74, 6) is 1.31. The van der Waals surface area contributed by atoms with E-state index in [1.165, 1.54) is 0 Å². The average Bonchev–Trinajstić information content (AvgIpc) is 3.24. The first-order valence-corrected chi connectivity index (χ1v) is 8.58. The third-order valence-corrected chi connectivity index (χ3v) is 4.59. The Balaban J connectivity index is 1.48. The maximum Gasteiger partial charge on any atom is 0.248 e. The number of nitrogens with zero attached hydrogens (tertiary/aromatic N) is 4. The summed E-state index contributed by atoms with van der Waals surface area (Å²) in [6, 6.07) is 3.94. The van der Waals surface area contributed by atoms with Crippen LogP contribution in [-0.2, 0) is 16.1 Å². The Labute approximate surface area is 138 Å². The summed E-state index contributed by atoms with van der Waals surface area (Å²) >= 11 is 1.59. The molecule has 1 fully saturated rings. The summed E-state index contributed by atoms with van der Waals surface area (Å²) in [5, 5.41) is 6.01. The van der Waals surface area contributed by atoms with Gasteiger partial charge in [0.1, 0.15) is 6.61 Å². The van der Waals surface area contributed by atoms with Crippen molar-refractivity contribution in [1.29, 1.82) is 0 Å². The van der Waals surface area contributed by atoms with Gasteiger partial charge >= 0.3 is 0 Å². The molecule has 124 valence electrons. The van der Waals surface area contributed by atoms with Gasteiger partial charge in [-0.05, 0) is 18.4 Å². The van der Waals surface area contributed by atoms with Gasteiger partial charge in [-0.25, -0.2) is 0 Å². The van der Waals surface area contributed by atoms with E-state index in [-0.39, 0.29) is 12.5 Å². The minimum atomic E-state index is 0.0595. The van der Waals surface area contributed by atoms with Gasteiger partial charge in [0.05, 0.1) is 11.4 Å². The molecule has 0 aromatic carbocycles. The highest BCUT2D eigenvalue weighted by atomic mass is 32.1. The molecule has 1 aliphatic heterocycles. The number of amides is 1. The van der Waals surface area contributed by atoms with Crippen LogP contribution in [0, 0.1) is 0 Å². The molecule has 1 saturated heterocycles. The van der Waals surface area contributed by atoms with E-state index in [0.29, 0.717) is 38.0 Å². The summed E-state index contributed by atoms with van der Waals surface area (Å²) < 4.78 is 10.5. The zero-order chi connectivity index (χ0) is 16.1. The second-order valence-electron chi connectivity index (χ2n) is 5.28. The Kier molecular flexibility index (Phi) is 5.37. The number of ether oxygens (including phenoxy) is 1. The van der Waals surface area contributed by atoms with E-state index in [4.69, 9.17) is 9.26 Å². The lowest BCUT2D eigenvalue weighted by atomic mass is 10.3. The summed E-state index contributed by atoms with van der Waals surface area (Å²) in [6.07, 6.45) is 0. The lowest BCUT2D eigenvalue weighted by molar-refractivity contribution is -0.137. The predicted molar refractivity (Wildman–Crippen MR) is 86.0 cm³/mol. The summed E-state index contributed by atoms with van der Waals surface area (Å²) in [7, 11) is 0. The van der Waals surface area contributed by atoms with Crippen LogP contribution in [0.15, 0.2) is 22.0 Å². The topological polar surface area (TPSA) is 71.7 Å². The van der Waals surface area contributed by atoms with Crippen LogP contribution >= 0.6 is 11.3 Å². The molecular formula is C15H20N4O3S. The standard InChI is InChI=1S/C15H20N4O3S/c1-2-21-11-14(20)19-7-5-18(6-8-19)10-13-16-15(17-22-13)12-4-3-9-23-12/h3-4,9H,2,5-8,10-11H2,1H3. The van der Waals surface area contributed by atoms with Gasteiger partial charge in [-0.3, -0.25) is 9.69 Å². The van der Waals surface area contributed by atoms with Crippen LogP contribution in [0.3, 0.4) is 0 Å². The normalized spacial score (nSPS) is 16.0. The van der Waals surface area contributed by atoms with E-state index >= 15 is 0 Å². The summed E-state index contributed by atoms with van der Waals surface area (Å²) in [4.78, 5) is 21.4. The second kappa shape index (κ2) is 7.67. The first-order valence-electron chi connectivity index (χ1n) is 7.70. The molecule has 23 heavy (non-hydrogen) atoms. The smallest absolute Gasteiger partial charge is 0.248 e. The van der Waals surface area contributed by atoms with Crippen LogP contribution in [0.1, 0.15) is 12.8 Å². The molecule has 0 unspecified atom stereocenters. The van der Waals surface area contributed by atoms with Gasteiger partial charge < -0.3 is 14.2 Å². The first-order chi connectivity index (χ1) is 11.3. The number of carbonyl (C=O) groups is 1. The van der Waals surface area contributed by atoms with E-state index in [1.54, 1.807) is 11.3 Å². The van der Waals surface area contributed by atoms with Crippen LogP contribution in [0.2, 0.25) is 0 Å². The second-order valence-corrected chi connectivity index (χ2v) is 6.23. The molecule has 7 nitrogen and oxygen atoms in total. The fourth-order valence-corrected chi connectivity index (χ4v) is 3.10. The zero-order valence-corrected chi connectivity index (χ0v) is 13.9. The number of thiophene rings is 1. The quantitative estimate of drug-likeness (QED) is 0.796. The van der Waals surface area contributed by atoms with E-state index in [0.717, 1.165) is 18.0 Å². The Bertz CT molecular complexity index is 620. The van der Waals surface area contributed by atoms with Crippen molar-refractivity contribution in [3.8, 4) is 10.7 Å². The third kappa shape index (κ3) is 4.15. The number of rotatable bonds is 6. The third-order valence-electron chi connectivity index (χ3n) is 3.72. The van der Waals surface area contributed by atoms with Crippen molar-refractivity contribution in [3.05, 3.63) is 23.4 Å². The van der Waals surface area contributed by atoms with Crippen LogP contribution in [0.5, 0.6) is 0 Å². The van der Waals surface area contributed by atoms with Gasteiger partial charge in [-0.1, -0.05) is 11.2 Å². The summed E-state index contributed by atoms with van der Waals surface area (Å²) in [6.45, 7) is 6.25. The largest absolute Gasteiger partial charge is 0.372 e. The van der Waals surface area contributed by atoms with Gasteiger partial charge in [-0.2, -0.15) is 4.98 Å². The van der Waals surface area contributed by atoms with Crippen molar-refractivity contribution in [1.82, 2.24) is 19.9 Å². The van der Waals surface area contributed by atoms with Gasteiger partial charge in [0.15, 0.2) is 0 Å². The van der Waals surface area contributed by atoms with Crippen molar-refractivity contribution < 1.29 is 14.1 Å². The molecule has 8 heteroatoms. The van der Waals surface area contributed by atoms with Crippen LogP contribution in [0.4, 0.5) is 0 Å². The van der Waals surface area contributed by atoms with Crippen molar-refractivity contribution in [2.24, 2.45) is 0 Å². The highest BCUT2D eigenvalue weighted by Crippen LogP contribution is 2.21. The Morgan fingerprint density at radius 2 is 2.22 bits per heavy atom. The summed E-state index contributed by atoms with van der Waals surface area (Å²) in [5.41, 5.74) is 0. The predicted octanol–water partition coefficient (Wildman–Crippen LogP) is 1.48. The molecule has 1 amide bonds. The number of aromatic nitrogens is 2. The van der Waals surface area contributed by atoms with Gasteiger partial charge in [0.25, 0.3) is 0 Å². The maximum absolute atomic E-state index is 11.9. The Morgan fingerprint density at radius 1 is 1.39 bits per heavy atom. The fourth-order valence-electron chi connectivity index (χ4n) is 2.45. The van der Waals surface area contributed by atoms with Crippen LogP contribution in [-0.4, -0.2) is 65.2 Å². The van der Waals surface area contributed by atoms with Gasteiger partial charge in [0, 0.05) is 32.8 Å². The SMILES string of the molecule is CCOCC(=O)N1CCN(Cc2nc(-c3cccs3)no2)CC1. The van der Waals surface area contributed by atoms with Crippen molar-refractivity contribution in [2.75, 3.05) is 39.4 Å². The molecular weight excluding hydrogens is 316 g/mol. The van der Waals surface area contributed by atoms with Crippen LogP contribution in [0.25, 0.3) is 10.7 Å². The molecule has 0 radical (unpaired) electrons. The Hall–Kier alpha value is -1.77. The van der Waals surface area contributed by atoms with Gasteiger partial charge in [0.2, 0.25) is 17.6 Å². The van der Waals surface area contributed by atoms with Gasteiger partial charge in [-0.15, -0.1) is 11.3 Å². The average molecular weight is 336 g/mol. The first kappa shape index (κ1) is 16.1. The molecule has 0 bridgehead atoms. The van der Waals surface area contributed by atoms with E-state index < -0.39 is 0 Å². The highest BCUT2D eigenvalue weighted by molar-refractivity contribution is 7.13. The van der Waals surface area contributed by atoms with E-state index in [9.17, 15) is 4.79 Å². The lowest BCUT2D eigenvalue weighted by Crippen LogP contribution is -2.49. The monoisotopic (exact) mass is 336 g/mol. The van der Waals surface area contributed by atoms with E-state index in [2.05, 4.69) is 15.0 Å². The van der Waals surface area contributed by atoms with E-state index in [1.807, 2.05) is 29.3 Å². The minimum Gasteiger partial charge on any atom is -0.372 e. The molecule has 3 rings (SSSR count). The van der Waals surface area contributed by atoms with Crippen molar-refractivity contribution >= 4 is 17.2 Å². The molecule has 2 aromatic rings. The van der Waals surface area contributed by atoms with Crippen molar-refractivity contribution in [2.45, 2.75) is 13.5 Å². The number of hydrogen-bond acceptors (Lipinski definition) is 7. The number of piperazine rings is 1. The number of hydrogen-bond donors (Lipinski definition) is 0. The zero-order valence-electron chi connectivity index (χ0n) is 13.1. The molecule has 0 aliphatic carbocycles. The van der Waals surface area contributed by atoms with Crippen LogP contribution < -0.4 is 0 Å². The molecule has 1 aliphatic rings. The van der Waals surface area contributed by atoms with Crippen molar-refractivity contribution in [3.63, 3.8) is 0 Å². The maximum atomic E-state index is 11.9. The highest BCUT2D eigenvalue weighted by Gasteiger charge is 2.22. The minimum absolute atomic E-state index is 0.0595. The molecule has 3 heterocycles. The Morgan fingerprint density at radius 3 is 2.91 bits per heavy atom. The number of carbonyl (C=O) groups excluding carboxylic acids is 1. The molecule has 0 saturated carbocycles. The molecule has 0 spiro atoms. The molecule has 0 N–H and O–H groups in total. The molecule has 2 aromatic heterocycles. The fraction of sp³-hybridized carbons (Fsp3) is 0.533. The molecule has 0 atom stereocenters. The lowest BCUT2D eigenvalue weighted by Gasteiger charge is -2.33.